The van der Waals surface area contributed by atoms with Crippen molar-refractivity contribution in [1.29, 1.82) is 0 Å². The number of fused-ring (bicyclic) bond motifs is 1. The van der Waals surface area contributed by atoms with E-state index in [1.54, 1.807) is 6.20 Å². The van der Waals surface area contributed by atoms with Crippen molar-refractivity contribution in [2.75, 3.05) is 6.54 Å². The summed E-state index contributed by atoms with van der Waals surface area (Å²) in [5.74, 6) is 1.11. The van der Waals surface area contributed by atoms with Crippen molar-refractivity contribution in [2.24, 2.45) is 7.05 Å². The minimum absolute atomic E-state index is 0.452. The third-order valence-electron chi connectivity index (χ3n) is 2.82. The molecule has 1 atom stereocenters. The Labute approximate surface area is 95.7 Å². The maximum absolute atomic E-state index is 4.62. The van der Waals surface area contributed by atoms with E-state index in [1.165, 1.54) is 0 Å². The topological polar surface area (TPSA) is 42.7 Å². The van der Waals surface area contributed by atoms with Gasteiger partial charge in [0.1, 0.15) is 5.82 Å². The largest absolute Gasteiger partial charge is 0.330 e. The normalized spacial score (nSPS) is 13.2. The second-order valence-electron chi connectivity index (χ2n) is 4.11. The molecular weight excluding hydrogens is 200 g/mol. The van der Waals surface area contributed by atoms with Crippen molar-refractivity contribution < 1.29 is 0 Å². The van der Waals surface area contributed by atoms with E-state index in [9.17, 15) is 0 Å². The number of aromatic nitrogens is 3. The number of aryl methyl sites for hydroxylation is 1. The Morgan fingerprint density at radius 2 is 2.31 bits per heavy atom. The lowest BCUT2D eigenvalue weighted by atomic mass is 10.2. The first-order chi connectivity index (χ1) is 7.72. The number of nitrogens with one attached hydrogen (secondary N) is 1. The van der Waals surface area contributed by atoms with E-state index in [2.05, 4.69) is 33.7 Å². The Bertz CT molecular complexity index is 475. The predicted molar refractivity (Wildman–Crippen MR) is 65.4 cm³/mol. The molecule has 16 heavy (non-hydrogen) atoms. The lowest BCUT2D eigenvalue weighted by molar-refractivity contribution is 0.545. The van der Waals surface area contributed by atoms with Crippen LogP contribution in [-0.2, 0) is 13.5 Å². The van der Waals surface area contributed by atoms with Gasteiger partial charge in [-0.05, 0) is 19.5 Å². The van der Waals surface area contributed by atoms with Gasteiger partial charge in [0.25, 0.3) is 0 Å². The minimum Gasteiger partial charge on any atom is -0.330 e. The van der Waals surface area contributed by atoms with Crippen molar-refractivity contribution >= 4 is 11.0 Å². The second-order valence-corrected chi connectivity index (χ2v) is 4.11. The Kier molecular flexibility index (Phi) is 3.19. The van der Waals surface area contributed by atoms with Crippen molar-refractivity contribution in [3.63, 3.8) is 0 Å². The first kappa shape index (κ1) is 11.1. The Hall–Kier alpha value is -1.42. The fourth-order valence-corrected chi connectivity index (χ4v) is 1.96. The van der Waals surface area contributed by atoms with Gasteiger partial charge in [0.2, 0.25) is 0 Å². The van der Waals surface area contributed by atoms with Crippen LogP contribution < -0.4 is 5.32 Å². The van der Waals surface area contributed by atoms with Crippen LogP contribution in [0.2, 0.25) is 0 Å². The van der Waals surface area contributed by atoms with E-state index in [0.29, 0.717) is 6.04 Å². The minimum atomic E-state index is 0.452. The molecule has 86 valence electrons. The Balaban J connectivity index is 2.27. The SMILES string of the molecule is CCNC(C)Cc1nc2ccncc2n1C. The maximum atomic E-state index is 4.62. The summed E-state index contributed by atoms with van der Waals surface area (Å²) in [7, 11) is 2.05. The van der Waals surface area contributed by atoms with Gasteiger partial charge in [0, 0.05) is 25.7 Å². The molecule has 2 aromatic heterocycles. The molecule has 0 bridgehead atoms. The molecule has 0 saturated carbocycles. The second kappa shape index (κ2) is 4.61. The summed E-state index contributed by atoms with van der Waals surface area (Å²) in [5.41, 5.74) is 2.12. The van der Waals surface area contributed by atoms with Gasteiger partial charge >= 0.3 is 0 Å². The highest BCUT2D eigenvalue weighted by atomic mass is 15.1. The monoisotopic (exact) mass is 218 g/mol. The number of imidazole rings is 1. The van der Waals surface area contributed by atoms with Gasteiger partial charge in [-0.3, -0.25) is 4.98 Å². The molecule has 0 saturated heterocycles. The quantitative estimate of drug-likeness (QED) is 0.846. The number of hydrogen-bond donors (Lipinski definition) is 1. The molecule has 2 heterocycles. The lowest BCUT2D eigenvalue weighted by Gasteiger charge is -2.11. The first-order valence-corrected chi connectivity index (χ1v) is 5.71. The third kappa shape index (κ3) is 2.07. The maximum Gasteiger partial charge on any atom is 0.111 e. The van der Waals surface area contributed by atoms with Crippen LogP contribution in [0.4, 0.5) is 0 Å². The van der Waals surface area contributed by atoms with E-state index < -0.39 is 0 Å². The molecule has 1 unspecified atom stereocenters. The molecule has 0 amide bonds. The van der Waals surface area contributed by atoms with Gasteiger partial charge < -0.3 is 9.88 Å². The molecule has 0 aromatic carbocycles. The smallest absolute Gasteiger partial charge is 0.111 e. The van der Waals surface area contributed by atoms with E-state index in [0.717, 1.165) is 29.8 Å². The number of pyridine rings is 1. The van der Waals surface area contributed by atoms with Crippen LogP contribution in [0, 0.1) is 0 Å². The summed E-state index contributed by atoms with van der Waals surface area (Å²) in [4.78, 5) is 8.74. The predicted octanol–water partition coefficient (Wildman–Crippen LogP) is 1.51. The zero-order valence-electron chi connectivity index (χ0n) is 10.1. The first-order valence-electron chi connectivity index (χ1n) is 5.71. The van der Waals surface area contributed by atoms with Gasteiger partial charge in [-0.15, -0.1) is 0 Å². The highest BCUT2D eigenvalue weighted by Crippen LogP contribution is 2.13. The standard InChI is InChI=1S/C12H18N4/c1-4-14-9(2)7-12-15-10-5-6-13-8-11(10)16(12)3/h5-6,8-9,14H,4,7H2,1-3H3. The van der Waals surface area contributed by atoms with Crippen molar-refractivity contribution in [1.82, 2.24) is 19.9 Å². The molecule has 0 aliphatic heterocycles. The Morgan fingerprint density at radius 3 is 3.00 bits per heavy atom. The van der Waals surface area contributed by atoms with E-state index >= 15 is 0 Å². The summed E-state index contributed by atoms with van der Waals surface area (Å²) in [6.07, 6.45) is 4.59. The van der Waals surface area contributed by atoms with Gasteiger partial charge in [0.05, 0.1) is 17.2 Å². The average molecular weight is 218 g/mol. The zero-order chi connectivity index (χ0) is 11.5. The molecule has 0 spiro atoms. The van der Waals surface area contributed by atoms with Crippen molar-refractivity contribution in [3.05, 3.63) is 24.3 Å². The average Bonchev–Trinajstić information content (AvgIpc) is 2.57. The fourth-order valence-electron chi connectivity index (χ4n) is 1.96. The summed E-state index contributed by atoms with van der Waals surface area (Å²) in [5, 5.41) is 3.40. The van der Waals surface area contributed by atoms with Gasteiger partial charge in [0.15, 0.2) is 0 Å². The van der Waals surface area contributed by atoms with Crippen LogP contribution in [-0.4, -0.2) is 27.1 Å². The zero-order valence-corrected chi connectivity index (χ0v) is 10.1. The highest BCUT2D eigenvalue weighted by Gasteiger charge is 2.10. The molecular formula is C12H18N4. The van der Waals surface area contributed by atoms with Crippen LogP contribution in [0.3, 0.4) is 0 Å². The summed E-state index contributed by atoms with van der Waals surface area (Å²) >= 11 is 0. The molecule has 0 aliphatic rings. The van der Waals surface area contributed by atoms with Crippen molar-refractivity contribution in [3.8, 4) is 0 Å². The molecule has 2 rings (SSSR count). The highest BCUT2D eigenvalue weighted by molar-refractivity contribution is 5.74. The van der Waals surface area contributed by atoms with Gasteiger partial charge in [-0.2, -0.15) is 0 Å². The molecule has 0 radical (unpaired) electrons. The fraction of sp³-hybridized carbons (Fsp3) is 0.500. The molecule has 1 N–H and O–H groups in total. The van der Waals surface area contributed by atoms with Crippen LogP contribution >= 0.6 is 0 Å². The Morgan fingerprint density at radius 1 is 1.50 bits per heavy atom. The van der Waals surface area contributed by atoms with Crippen molar-refractivity contribution in [2.45, 2.75) is 26.3 Å². The number of likely N-dealkylation sites (N-methyl/N-ethyl adjacent to an activating group) is 1. The summed E-state index contributed by atoms with van der Waals surface area (Å²) in [6.45, 7) is 5.29. The van der Waals surface area contributed by atoms with Gasteiger partial charge in [-0.25, -0.2) is 4.98 Å². The lowest BCUT2D eigenvalue weighted by Crippen LogP contribution is -2.28. The van der Waals surface area contributed by atoms with Crippen LogP contribution in [0.1, 0.15) is 19.7 Å². The van der Waals surface area contributed by atoms with Crippen LogP contribution in [0.5, 0.6) is 0 Å². The van der Waals surface area contributed by atoms with E-state index in [4.69, 9.17) is 0 Å². The summed E-state index contributed by atoms with van der Waals surface area (Å²) < 4.78 is 2.12. The van der Waals surface area contributed by atoms with E-state index in [-0.39, 0.29) is 0 Å². The molecule has 0 fully saturated rings. The molecule has 0 aliphatic carbocycles. The third-order valence-corrected chi connectivity index (χ3v) is 2.82. The van der Waals surface area contributed by atoms with E-state index in [1.807, 2.05) is 19.3 Å². The number of hydrogen-bond acceptors (Lipinski definition) is 3. The van der Waals surface area contributed by atoms with Crippen LogP contribution in [0.25, 0.3) is 11.0 Å². The van der Waals surface area contributed by atoms with Gasteiger partial charge in [-0.1, -0.05) is 6.92 Å². The van der Waals surface area contributed by atoms with Crippen LogP contribution in [0.15, 0.2) is 18.5 Å². The summed E-state index contributed by atoms with van der Waals surface area (Å²) in [6, 6.07) is 2.41. The number of rotatable bonds is 4. The molecule has 4 nitrogen and oxygen atoms in total. The number of nitrogens with zero attached hydrogens (tertiary/aromatic N) is 3. The molecule has 2 aromatic rings. The molecule has 4 heteroatoms.